The molecule has 0 atom stereocenters. The van der Waals surface area contributed by atoms with Gasteiger partial charge in [-0.1, -0.05) is 5.16 Å². The fourth-order valence-electron chi connectivity index (χ4n) is 2.09. The molecule has 0 aliphatic rings. The minimum Gasteiger partial charge on any atom is -0.361 e. The standard InChI is InChI=1S/C15H15N3O2S2/c1-9-6-12(17-20-9)7-18(3)15(19)13-10(2)16-14(22-13)11-4-5-21-8-11/h4-6,8H,7H2,1-3H3. The Morgan fingerprint density at radius 1 is 1.41 bits per heavy atom. The largest absolute Gasteiger partial charge is 0.361 e. The number of thiophene rings is 1. The van der Waals surface area contributed by atoms with Crippen LogP contribution in [0.2, 0.25) is 0 Å². The SMILES string of the molecule is Cc1cc(CN(C)C(=O)c2sc(-c3ccsc3)nc2C)no1. The topological polar surface area (TPSA) is 59.2 Å². The predicted molar refractivity (Wildman–Crippen MR) is 87.2 cm³/mol. The lowest BCUT2D eigenvalue weighted by molar-refractivity contribution is 0.0786. The Bertz CT molecular complexity index is 790. The van der Waals surface area contributed by atoms with Gasteiger partial charge in [-0.15, -0.1) is 11.3 Å². The summed E-state index contributed by atoms with van der Waals surface area (Å²) in [6.45, 7) is 4.12. The van der Waals surface area contributed by atoms with E-state index in [1.54, 1.807) is 23.3 Å². The fraction of sp³-hybridized carbons (Fsp3) is 0.267. The van der Waals surface area contributed by atoms with E-state index in [0.29, 0.717) is 11.4 Å². The molecule has 0 bridgehead atoms. The van der Waals surface area contributed by atoms with Crippen molar-refractivity contribution in [1.29, 1.82) is 0 Å². The van der Waals surface area contributed by atoms with Crippen LogP contribution in [0.25, 0.3) is 10.6 Å². The van der Waals surface area contributed by atoms with Gasteiger partial charge in [0.25, 0.3) is 5.91 Å². The van der Waals surface area contributed by atoms with Crippen molar-refractivity contribution < 1.29 is 9.32 Å². The van der Waals surface area contributed by atoms with Gasteiger partial charge in [0, 0.05) is 24.1 Å². The van der Waals surface area contributed by atoms with Gasteiger partial charge in [-0.3, -0.25) is 4.79 Å². The zero-order valence-corrected chi connectivity index (χ0v) is 14.1. The van der Waals surface area contributed by atoms with Crippen LogP contribution in [0.15, 0.2) is 27.4 Å². The second kappa shape index (κ2) is 6.02. The molecule has 7 heteroatoms. The summed E-state index contributed by atoms with van der Waals surface area (Å²) in [6, 6.07) is 3.85. The van der Waals surface area contributed by atoms with Gasteiger partial charge in [-0.25, -0.2) is 4.98 Å². The average Bonchev–Trinajstić information content (AvgIpc) is 3.19. The first kappa shape index (κ1) is 14.9. The molecule has 0 radical (unpaired) electrons. The van der Waals surface area contributed by atoms with Gasteiger partial charge >= 0.3 is 0 Å². The molecule has 22 heavy (non-hydrogen) atoms. The number of rotatable bonds is 4. The highest BCUT2D eigenvalue weighted by molar-refractivity contribution is 7.17. The van der Waals surface area contributed by atoms with Crippen molar-refractivity contribution in [2.24, 2.45) is 0 Å². The molecule has 5 nitrogen and oxygen atoms in total. The van der Waals surface area contributed by atoms with Crippen molar-refractivity contribution in [2.45, 2.75) is 20.4 Å². The molecule has 0 aliphatic heterocycles. The van der Waals surface area contributed by atoms with E-state index in [1.807, 2.05) is 36.7 Å². The molecule has 0 spiro atoms. The molecule has 3 aromatic heterocycles. The van der Waals surface area contributed by atoms with Crippen LogP contribution in [0.3, 0.4) is 0 Å². The summed E-state index contributed by atoms with van der Waals surface area (Å²) in [7, 11) is 1.76. The summed E-state index contributed by atoms with van der Waals surface area (Å²) in [6.07, 6.45) is 0. The van der Waals surface area contributed by atoms with Crippen LogP contribution < -0.4 is 0 Å². The first-order valence-corrected chi connectivity index (χ1v) is 8.48. The molecule has 0 fully saturated rings. The van der Waals surface area contributed by atoms with Gasteiger partial charge in [0.05, 0.1) is 12.2 Å². The number of hydrogen-bond donors (Lipinski definition) is 0. The molecule has 0 aliphatic carbocycles. The number of aryl methyl sites for hydroxylation is 2. The number of thiazole rings is 1. The highest BCUT2D eigenvalue weighted by atomic mass is 32.1. The minimum absolute atomic E-state index is 0.0443. The Labute approximate surface area is 136 Å². The summed E-state index contributed by atoms with van der Waals surface area (Å²) in [5.74, 6) is 0.696. The third kappa shape index (κ3) is 2.95. The van der Waals surface area contributed by atoms with E-state index < -0.39 is 0 Å². The van der Waals surface area contributed by atoms with Crippen molar-refractivity contribution >= 4 is 28.6 Å². The maximum atomic E-state index is 12.6. The van der Waals surface area contributed by atoms with E-state index in [1.165, 1.54) is 11.3 Å². The third-order valence-corrected chi connectivity index (χ3v) is 5.06. The van der Waals surface area contributed by atoms with E-state index in [2.05, 4.69) is 10.1 Å². The Balaban J connectivity index is 1.79. The van der Waals surface area contributed by atoms with Crippen molar-refractivity contribution in [2.75, 3.05) is 7.05 Å². The van der Waals surface area contributed by atoms with Gasteiger partial charge in [0.1, 0.15) is 21.3 Å². The molecular weight excluding hydrogens is 318 g/mol. The number of carbonyl (C=O) groups excluding carboxylic acids is 1. The summed E-state index contributed by atoms with van der Waals surface area (Å²) in [4.78, 5) is 19.4. The van der Waals surface area contributed by atoms with Gasteiger partial charge in [-0.05, 0) is 25.3 Å². The summed E-state index contributed by atoms with van der Waals surface area (Å²) in [5, 5.41) is 8.85. The molecule has 0 unspecified atom stereocenters. The summed E-state index contributed by atoms with van der Waals surface area (Å²) in [5.41, 5.74) is 2.57. The highest BCUT2D eigenvalue weighted by Gasteiger charge is 2.20. The molecule has 0 N–H and O–H groups in total. The number of carbonyl (C=O) groups is 1. The van der Waals surface area contributed by atoms with Crippen molar-refractivity contribution in [3.8, 4) is 10.6 Å². The molecule has 114 valence electrons. The smallest absolute Gasteiger partial charge is 0.265 e. The monoisotopic (exact) mass is 333 g/mol. The molecule has 0 saturated heterocycles. The Morgan fingerprint density at radius 2 is 2.23 bits per heavy atom. The maximum absolute atomic E-state index is 12.6. The maximum Gasteiger partial charge on any atom is 0.265 e. The third-order valence-electron chi connectivity index (χ3n) is 3.18. The molecule has 1 amide bonds. The molecule has 0 saturated carbocycles. The van der Waals surface area contributed by atoms with E-state index in [-0.39, 0.29) is 5.91 Å². The lowest BCUT2D eigenvalue weighted by Gasteiger charge is -2.14. The molecule has 3 heterocycles. The molecule has 3 rings (SSSR count). The lowest BCUT2D eigenvalue weighted by Crippen LogP contribution is -2.26. The van der Waals surface area contributed by atoms with E-state index in [4.69, 9.17) is 4.52 Å². The second-order valence-corrected chi connectivity index (χ2v) is 6.81. The fourth-order valence-corrected chi connectivity index (χ4v) is 3.86. The van der Waals surface area contributed by atoms with Gasteiger partial charge in [0.15, 0.2) is 0 Å². The van der Waals surface area contributed by atoms with Crippen molar-refractivity contribution in [3.63, 3.8) is 0 Å². The van der Waals surface area contributed by atoms with Crippen LogP contribution in [0, 0.1) is 13.8 Å². The van der Waals surface area contributed by atoms with Gasteiger partial charge < -0.3 is 9.42 Å². The zero-order chi connectivity index (χ0) is 15.7. The Kier molecular flexibility index (Phi) is 4.08. The van der Waals surface area contributed by atoms with E-state index in [0.717, 1.165) is 27.7 Å². The Hall–Kier alpha value is -1.99. The average molecular weight is 333 g/mol. The zero-order valence-electron chi connectivity index (χ0n) is 12.5. The molecule has 0 aromatic carbocycles. The number of nitrogens with zero attached hydrogens (tertiary/aromatic N) is 3. The highest BCUT2D eigenvalue weighted by Crippen LogP contribution is 2.30. The van der Waals surface area contributed by atoms with Crippen LogP contribution in [-0.2, 0) is 6.54 Å². The summed E-state index contributed by atoms with van der Waals surface area (Å²) < 4.78 is 5.03. The predicted octanol–water partition coefficient (Wildman–Crippen LogP) is 3.75. The second-order valence-electron chi connectivity index (χ2n) is 5.04. The quantitative estimate of drug-likeness (QED) is 0.729. The first-order chi connectivity index (χ1) is 10.5. The van der Waals surface area contributed by atoms with E-state index >= 15 is 0 Å². The number of aromatic nitrogens is 2. The van der Waals surface area contributed by atoms with E-state index in [9.17, 15) is 4.79 Å². The van der Waals surface area contributed by atoms with Crippen molar-refractivity contribution in [1.82, 2.24) is 15.0 Å². The van der Waals surface area contributed by atoms with Crippen molar-refractivity contribution in [3.05, 3.63) is 44.9 Å². The van der Waals surface area contributed by atoms with Crippen LogP contribution in [-0.4, -0.2) is 28.0 Å². The number of hydrogen-bond acceptors (Lipinski definition) is 6. The van der Waals surface area contributed by atoms with Crippen LogP contribution in [0.4, 0.5) is 0 Å². The van der Waals surface area contributed by atoms with Gasteiger partial charge in [0.2, 0.25) is 0 Å². The van der Waals surface area contributed by atoms with Crippen LogP contribution in [0.1, 0.15) is 26.8 Å². The first-order valence-electron chi connectivity index (χ1n) is 6.72. The summed E-state index contributed by atoms with van der Waals surface area (Å²) >= 11 is 3.05. The lowest BCUT2D eigenvalue weighted by atomic mass is 10.3. The number of amides is 1. The Morgan fingerprint density at radius 3 is 2.86 bits per heavy atom. The minimum atomic E-state index is -0.0443. The van der Waals surface area contributed by atoms with Gasteiger partial charge in [-0.2, -0.15) is 11.3 Å². The van der Waals surface area contributed by atoms with Crippen LogP contribution >= 0.6 is 22.7 Å². The van der Waals surface area contributed by atoms with Crippen LogP contribution in [0.5, 0.6) is 0 Å². The normalized spacial score (nSPS) is 10.9. The molecular formula is C15H15N3O2S2. The molecule has 3 aromatic rings.